The lowest BCUT2D eigenvalue weighted by atomic mass is 10.1. The molecule has 1 amide bonds. The van der Waals surface area contributed by atoms with E-state index in [4.69, 9.17) is 16.7 Å². The van der Waals surface area contributed by atoms with E-state index >= 15 is 0 Å². The standard InChI is InChI=1S/C15H11ClFNO3/c16-12-4-2-1-3-9(12)7-14(19)18-13-8-10(17)5-6-11(13)15(20)21/h1-6,8H,7H2,(H,18,19)(H,20,21). The lowest BCUT2D eigenvalue weighted by Gasteiger charge is -2.09. The van der Waals surface area contributed by atoms with Crippen LogP contribution in [0, 0.1) is 5.82 Å². The summed E-state index contributed by atoms with van der Waals surface area (Å²) < 4.78 is 13.2. The van der Waals surface area contributed by atoms with Crippen LogP contribution < -0.4 is 5.32 Å². The number of amides is 1. The molecule has 2 aromatic carbocycles. The number of hydrogen-bond acceptors (Lipinski definition) is 2. The zero-order valence-corrected chi connectivity index (χ0v) is 11.5. The van der Waals surface area contributed by atoms with Crippen molar-refractivity contribution in [3.63, 3.8) is 0 Å². The van der Waals surface area contributed by atoms with Crippen molar-refractivity contribution < 1.29 is 19.1 Å². The number of rotatable bonds is 4. The zero-order valence-electron chi connectivity index (χ0n) is 10.8. The van der Waals surface area contributed by atoms with Gasteiger partial charge < -0.3 is 10.4 Å². The first kappa shape index (κ1) is 15.0. The highest BCUT2D eigenvalue weighted by Gasteiger charge is 2.14. The van der Waals surface area contributed by atoms with Gasteiger partial charge in [-0.25, -0.2) is 9.18 Å². The van der Waals surface area contributed by atoms with Gasteiger partial charge in [-0.2, -0.15) is 0 Å². The number of carboxylic acid groups (broad SMARTS) is 1. The van der Waals surface area contributed by atoms with E-state index in [1.165, 1.54) is 0 Å². The summed E-state index contributed by atoms with van der Waals surface area (Å²) in [4.78, 5) is 23.0. The number of halogens is 2. The predicted octanol–water partition coefficient (Wildman–Crippen LogP) is 3.36. The molecule has 0 atom stereocenters. The molecule has 0 aliphatic carbocycles. The van der Waals surface area contributed by atoms with Gasteiger partial charge in [-0.15, -0.1) is 0 Å². The van der Waals surface area contributed by atoms with Crippen LogP contribution >= 0.6 is 11.6 Å². The highest BCUT2D eigenvalue weighted by Crippen LogP contribution is 2.19. The van der Waals surface area contributed by atoms with Crippen molar-refractivity contribution in [2.24, 2.45) is 0 Å². The fraction of sp³-hybridized carbons (Fsp3) is 0.0667. The molecule has 0 unspecified atom stereocenters. The molecule has 0 fully saturated rings. The molecule has 2 rings (SSSR count). The third kappa shape index (κ3) is 3.79. The van der Waals surface area contributed by atoms with Gasteiger partial charge in [0.15, 0.2) is 0 Å². The van der Waals surface area contributed by atoms with Gasteiger partial charge in [0.05, 0.1) is 17.7 Å². The van der Waals surface area contributed by atoms with Gasteiger partial charge in [0.25, 0.3) is 0 Å². The normalized spacial score (nSPS) is 10.2. The fourth-order valence-electron chi connectivity index (χ4n) is 1.82. The fourth-order valence-corrected chi connectivity index (χ4v) is 2.02. The highest BCUT2D eigenvalue weighted by molar-refractivity contribution is 6.31. The maximum absolute atomic E-state index is 13.2. The van der Waals surface area contributed by atoms with Crippen LogP contribution in [0.25, 0.3) is 0 Å². The molecule has 2 aromatic rings. The number of benzene rings is 2. The van der Waals surface area contributed by atoms with Crippen molar-refractivity contribution in [2.45, 2.75) is 6.42 Å². The molecular weight excluding hydrogens is 297 g/mol. The number of nitrogens with one attached hydrogen (secondary N) is 1. The van der Waals surface area contributed by atoms with Gasteiger partial charge in [0, 0.05) is 5.02 Å². The zero-order chi connectivity index (χ0) is 15.4. The summed E-state index contributed by atoms with van der Waals surface area (Å²) in [5, 5.41) is 11.8. The van der Waals surface area contributed by atoms with Crippen LogP contribution in [0.3, 0.4) is 0 Å². The van der Waals surface area contributed by atoms with Crippen LogP contribution in [0.15, 0.2) is 42.5 Å². The third-order valence-electron chi connectivity index (χ3n) is 2.79. The summed E-state index contributed by atoms with van der Waals surface area (Å²) in [6.07, 6.45) is -0.0325. The molecule has 4 nitrogen and oxygen atoms in total. The molecule has 0 aliphatic rings. The molecule has 6 heteroatoms. The highest BCUT2D eigenvalue weighted by atomic mass is 35.5. The molecule has 0 spiro atoms. The number of carbonyl (C=O) groups is 2. The van der Waals surface area contributed by atoms with E-state index in [9.17, 15) is 14.0 Å². The number of hydrogen-bond donors (Lipinski definition) is 2. The third-order valence-corrected chi connectivity index (χ3v) is 3.16. The lowest BCUT2D eigenvalue weighted by molar-refractivity contribution is -0.115. The Morgan fingerprint density at radius 2 is 1.90 bits per heavy atom. The van der Waals surface area contributed by atoms with Gasteiger partial charge in [-0.05, 0) is 29.8 Å². The summed E-state index contributed by atoms with van der Waals surface area (Å²) in [5.41, 5.74) is 0.341. The Hall–Kier alpha value is -2.40. The van der Waals surface area contributed by atoms with Crippen LogP contribution in [-0.2, 0) is 11.2 Å². The smallest absolute Gasteiger partial charge is 0.337 e. The van der Waals surface area contributed by atoms with Crippen LogP contribution in [0.5, 0.6) is 0 Å². The van der Waals surface area contributed by atoms with Crippen molar-refractivity contribution in [3.8, 4) is 0 Å². The second-order valence-electron chi connectivity index (χ2n) is 4.31. The first-order chi connectivity index (χ1) is 9.97. The van der Waals surface area contributed by atoms with Gasteiger partial charge >= 0.3 is 5.97 Å². The van der Waals surface area contributed by atoms with Crippen LogP contribution in [0.4, 0.5) is 10.1 Å². The average molecular weight is 308 g/mol. The Balaban J connectivity index is 2.18. The van der Waals surface area contributed by atoms with Crippen molar-refractivity contribution in [2.75, 3.05) is 5.32 Å². The minimum atomic E-state index is -1.25. The van der Waals surface area contributed by atoms with Crippen LogP contribution in [0.1, 0.15) is 15.9 Å². The van der Waals surface area contributed by atoms with Crippen LogP contribution in [-0.4, -0.2) is 17.0 Å². The number of anilines is 1. The van der Waals surface area contributed by atoms with Gasteiger partial charge in [0.1, 0.15) is 5.82 Å². The topological polar surface area (TPSA) is 66.4 Å². The Bertz CT molecular complexity index is 703. The van der Waals surface area contributed by atoms with E-state index in [1.807, 2.05) is 0 Å². The molecule has 0 bridgehead atoms. The van der Waals surface area contributed by atoms with Gasteiger partial charge in [0.2, 0.25) is 5.91 Å². The summed E-state index contributed by atoms with van der Waals surface area (Å²) in [7, 11) is 0. The number of aromatic carboxylic acids is 1. The maximum atomic E-state index is 13.2. The molecule has 0 radical (unpaired) electrons. The van der Waals surface area contributed by atoms with E-state index < -0.39 is 17.7 Å². The summed E-state index contributed by atoms with van der Waals surface area (Å²) in [6.45, 7) is 0. The monoisotopic (exact) mass is 307 g/mol. The quantitative estimate of drug-likeness (QED) is 0.910. The molecule has 0 saturated heterocycles. The second kappa shape index (κ2) is 6.37. The largest absolute Gasteiger partial charge is 0.478 e. The van der Waals surface area contributed by atoms with Crippen molar-refractivity contribution in [3.05, 3.63) is 64.4 Å². The van der Waals surface area contributed by atoms with Crippen molar-refractivity contribution >= 4 is 29.2 Å². The Labute approximate surface area is 125 Å². The Morgan fingerprint density at radius 1 is 1.19 bits per heavy atom. The van der Waals surface area contributed by atoms with E-state index in [1.54, 1.807) is 24.3 Å². The number of carbonyl (C=O) groups excluding carboxylic acids is 1. The van der Waals surface area contributed by atoms with Gasteiger partial charge in [-0.3, -0.25) is 4.79 Å². The summed E-state index contributed by atoms with van der Waals surface area (Å²) >= 11 is 5.94. The van der Waals surface area contributed by atoms with E-state index in [0.29, 0.717) is 10.6 Å². The minimum Gasteiger partial charge on any atom is -0.478 e. The van der Waals surface area contributed by atoms with E-state index in [-0.39, 0.29) is 17.7 Å². The predicted molar refractivity (Wildman–Crippen MR) is 77.1 cm³/mol. The molecule has 0 aromatic heterocycles. The SMILES string of the molecule is O=C(Cc1ccccc1Cl)Nc1cc(F)ccc1C(=O)O. The van der Waals surface area contributed by atoms with Crippen molar-refractivity contribution in [1.82, 2.24) is 0 Å². The molecule has 2 N–H and O–H groups in total. The number of carboxylic acids is 1. The molecule has 21 heavy (non-hydrogen) atoms. The van der Waals surface area contributed by atoms with Crippen molar-refractivity contribution in [1.29, 1.82) is 0 Å². The van der Waals surface area contributed by atoms with E-state index in [0.717, 1.165) is 18.2 Å². The summed E-state index contributed by atoms with van der Waals surface area (Å²) in [5.74, 6) is -2.35. The molecule has 108 valence electrons. The van der Waals surface area contributed by atoms with Crippen LogP contribution in [0.2, 0.25) is 5.02 Å². The molecule has 0 saturated carbocycles. The maximum Gasteiger partial charge on any atom is 0.337 e. The second-order valence-corrected chi connectivity index (χ2v) is 4.72. The average Bonchev–Trinajstić information content (AvgIpc) is 2.41. The Kier molecular flexibility index (Phi) is 4.55. The van der Waals surface area contributed by atoms with Gasteiger partial charge in [-0.1, -0.05) is 29.8 Å². The Morgan fingerprint density at radius 3 is 2.57 bits per heavy atom. The molecular formula is C15H11ClFNO3. The lowest BCUT2D eigenvalue weighted by Crippen LogP contribution is -2.17. The minimum absolute atomic E-state index is 0.0325. The summed E-state index contributed by atoms with van der Waals surface area (Å²) in [6, 6.07) is 9.89. The first-order valence-electron chi connectivity index (χ1n) is 6.03. The molecule has 0 aliphatic heterocycles. The van der Waals surface area contributed by atoms with E-state index in [2.05, 4.69) is 5.32 Å². The first-order valence-corrected chi connectivity index (χ1v) is 6.41. The molecule has 0 heterocycles.